The van der Waals surface area contributed by atoms with Gasteiger partial charge in [0.1, 0.15) is 10.8 Å². The average Bonchev–Trinajstić information content (AvgIpc) is 3.24. The van der Waals surface area contributed by atoms with E-state index in [9.17, 15) is 0 Å². The van der Waals surface area contributed by atoms with Gasteiger partial charge >= 0.3 is 0 Å². The first-order valence-corrected chi connectivity index (χ1v) is 12.3. The number of aromatic amines is 1. The minimum atomic E-state index is 0.456. The molecular weight excluding hydrogens is 410 g/mol. The third kappa shape index (κ3) is 4.57. The van der Waals surface area contributed by atoms with E-state index in [-0.39, 0.29) is 0 Å². The number of rotatable bonds is 6. The third-order valence-electron chi connectivity index (χ3n) is 6.03. The predicted octanol–water partition coefficient (Wildman–Crippen LogP) is 4.40. The monoisotopic (exact) mass is 439 g/mol. The van der Waals surface area contributed by atoms with Gasteiger partial charge < -0.3 is 20.3 Å². The van der Waals surface area contributed by atoms with E-state index in [1.54, 1.807) is 11.8 Å². The van der Waals surface area contributed by atoms with Crippen molar-refractivity contribution in [1.29, 1.82) is 0 Å². The number of hydrogen-bond donors (Lipinski definition) is 3. The Morgan fingerprint density at radius 3 is 2.58 bits per heavy atom. The molecule has 2 aromatic heterocycles. The molecule has 164 valence electrons. The van der Waals surface area contributed by atoms with E-state index < -0.39 is 0 Å². The maximum absolute atomic E-state index is 5.45. The van der Waals surface area contributed by atoms with Gasteiger partial charge in [0.2, 0.25) is 5.95 Å². The molecule has 1 aliphatic heterocycles. The number of nitrogens with one attached hydrogen (secondary N) is 3. The molecular formula is C22H29N7OS. The highest BCUT2D eigenvalue weighted by Gasteiger charge is 2.20. The van der Waals surface area contributed by atoms with Crippen molar-refractivity contribution < 1.29 is 4.74 Å². The molecule has 9 heteroatoms. The Bertz CT molecular complexity index is 1010. The summed E-state index contributed by atoms with van der Waals surface area (Å²) in [6, 6.07) is 8.88. The summed E-state index contributed by atoms with van der Waals surface area (Å²) in [5.74, 6) is 1.43. The molecule has 3 N–H and O–H groups in total. The van der Waals surface area contributed by atoms with Gasteiger partial charge in [0.25, 0.3) is 0 Å². The average molecular weight is 440 g/mol. The fraction of sp³-hybridized carbons (Fsp3) is 0.500. The van der Waals surface area contributed by atoms with Crippen LogP contribution in [0.1, 0.15) is 32.1 Å². The molecule has 0 atom stereocenters. The maximum Gasteiger partial charge on any atom is 0.231 e. The molecule has 0 unspecified atom stereocenters. The lowest BCUT2D eigenvalue weighted by molar-refractivity contribution is 0.122. The smallest absolute Gasteiger partial charge is 0.231 e. The van der Waals surface area contributed by atoms with E-state index >= 15 is 0 Å². The normalized spacial score (nSPS) is 17.8. The first-order chi connectivity index (χ1) is 15.3. The van der Waals surface area contributed by atoms with Crippen molar-refractivity contribution in [3.05, 3.63) is 24.3 Å². The molecule has 0 amide bonds. The largest absolute Gasteiger partial charge is 0.378 e. The van der Waals surface area contributed by atoms with Crippen LogP contribution in [0.15, 0.2) is 29.3 Å². The number of aromatic nitrogens is 4. The van der Waals surface area contributed by atoms with E-state index in [4.69, 9.17) is 9.72 Å². The van der Waals surface area contributed by atoms with Crippen LogP contribution in [0, 0.1) is 0 Å². The van der Waals surface area contributed by atoms with Gasteiger partial charge in [0, 0.05) is 30.5 Å². The van der Waals surface area contributed by atoms with Crippen LogP contribution < -0.4 is 15.5 Å². The standard InChI is InChI=1S/C22H29N7OS/c1-31-21-18-19(23-15-5-3-2-4-6-15)25-22(26-20(18)27-28-21)24-16-7-9-17(10-8-16)29-11-13-30-14-12-29/h7-10,15H,2-6,11-14H2,1H3,(H3,23,24,25,26,27,28). The topological polar surface area (TPSA) is 91.0 Å². The van der Waals surface area contributed by atoms with Crippen molar-refractivity contribution >= 4 is 45.9 Å². The van der Waals surface area contributed by atoms with Crippen molar-refractivity contribution in [1.82, 2.24) is 20.2 Å². The molecule has 0 radical (unpaired) electrons. The van der Waals surface area contributed by atoms with Gasteiger partial charge in [-0.2, -0.15) is 15.1 Å². The zero-order valence-corrected chi connectivity index (χ0v) is 18.7. The van der Waals surface area contributed by atoms with Crippen LogP contribution in [0.5, 0.6) is 0 Å². The molecule has 5 rings (SSSR count). The molecule has 0 spiro atoms. The van der Waals surface area contributed by atoms with Crippen LogP contribution in [0.4, 0.5) is 23.1 Å². The molecule has 1 aromatic carbocycles. The summed E-state index contributed by atoms with van der Waals surface area (Å²) < 4.78 is 5.45. The summed E-state index contributed by atoms with van der Waals surface area (Å²) in [7, 11) is 0. The number of thioether (sulfide) groups is 1. The Morgan fingerprint density at radius 1 is 1.06 bits per heavy atom. The molecule has 2 aliphatic rings. The lowest BCUT2D eigenvalue weighted by Gasteiger charge is -2.28. The number of morpholine rings is 1. The van der Waals surface area contributed by atoms with Gasteiger partial charge in [-0.05, 0) is 43.4 Å². The lowest BCUT2D eigenvalue weighted by atomic mass is 9.95. The highest BCUT2D eigenvalue weighted by atomic mass is 32.2. The molecule has 8 nitrogen and oxygen atoms in total. The van der Waals surface area contributed by atoms with Crippen molar-refractivity contribution in [2.75, 3.05) is 48.1 Å². The van der Waals surface area contributed by atoms with E-state index in [0.29, 0.717) is 12.0 Å². The van der Waals surface area contributed by atoms with Gasteiger partial charge in [0.15, 0.2) is 5.65 Å². The SMILES string of the molecule is CSc1n[nH]c2nc(Nc3ccc(N4CCOCC4)cc3)nc(NC3CCCCC3)c12. The number of ether oxygens (including phenoxy) is 1. The first-order valence-electron chi connectivity index (χ1n) is 11.1. The molecule has 1 saturated carbocycles. The highest BCUT2D eigenvalue weighted by Crippen LogP contribution is 2.32. The number of H-pyrrole nitrogens is 1. The second-order valence-electron chi connectivity index (χ2n) is 8.10. The highest BCUT2D eigenvalue weighted by molar-refractivity contribution is 7.98. The molecule has 3 heterocycles. The van der Waals surface area contributed by atoms with Gasteiger partial charge in [-0.15, -0.1) is 11.8 Å². The van der Waals surface area contributed by atoms with E-state index in [1.165, 1.54) is 37.8 Å². The Kier molecular flexibility index (Phi) is 6.13. The Balaban J connectivity index is 1.39. The number of nitrogens with zero attached hydrogens (tertiary/aromatic N) is 4. The summed E-state index contributed by atoms with van der Waals surface area (Å²) in [6.07, 6.45) is 8.27. The van der Waals surface area contributed by atoms with Gasteiger partial charge in [-0.1, -0.05) is 19.3 Å². The zero-order valence-electron chi connectivity index (χ0n) is 17.9. The fourth-order valence-corrected chi connectivity index (χ4v) is 4.89. The maximum atomic E-state index is 5.45. The van der Waals surface area contributed by atoms with Crippen LogP contribution >= 0.6 is 11.8 Å². The number of benzene rings is 1. The molecule has 3 aromatic rings. The van der Waals surface area contributed by atoms with Gasteiger partial charge in [0.05, 0.1) is 18.6 Å². The van der Waals surface area contributed by atoms with Crippen LogP contribution in [0.3, 0.4) is 0 Å². The van der Waals surface area contributed by atoms with Gasteiger partial charge in [-0.3, -0.25) is 5.10 Å². The van der Waals surface area contributed by atoms with Crippen molar-refractivity contribution in [2.45, 2.75) is 43.2 Å². The Hall–Kier alpha value is -2.52. The summed E-state index contributed by atoms with van der Waals surface area (Å²) in [5.41, 5.74) is 2.93. The number of anilines is 4. The first kappa shape index (κ1) is 20.4. The summed E-state index contributed by atoms with van der Waals surface area (Å²) in [6.45, 7) is 3.43. The Labute approximate surface area is 186 Å². The molecule has 1 aliphatic carbocycles. The van der Waals surface area contributed by atoms with Crippen LogP contribution in [-0.4, -0.2) is 58.8 Å². The van der Waals surface area contributed by atoms with Gasteiger partial charge in [-0.25, -0.2) is 0 Å². The van der Waals surface area contributed by atoms with Crippen LogP contribution in [0.25, 0.3) is 11.0 Å². The lowest BCUT2D eigenvalue weighted by Crippen LogP contribution is -2.36. The quantitative estimate of drug-likeness (QED) is 0.487. The number of fused-ring (bicyclic) bond motifs is 1. The minimum Gasteiger partial charge on any atom is -0.378 e. The molecule has 0 bridgehead atoms. The third-order valence-corrected chi connectivity index (χ3v) is 6.71. The van der Waals surface area contributed by atoms with Crippen LogP contribution in [-0.2, 0) is 4.74 Å². The van der Waals surface area contributed by atoms with Crippen LogP contribution in [0.2, 0.25) is 0 Å². The summed E-state index contributed by atoms with van der Waals surface area (Å²) in [4.78, 5) is 11.9. The fourth-order valence-electron chi connectivity index (χ4n) is 4.36. The molecule has 2 fully saturated rings. The van der Waals surface area contributed by atoms with Crippen molar-refractivity contribution in [3.63, 3.8) is 0 Å². The van der Waals surface area contributed by atoms with Crippen molar-refractivity contribution in [2.24, 2.45) is 0 Å². The Morgan fingerprint density at radius 2 is 1.84 bits per heavy atom. The number of hydrogen-bond acceptors (Lipinski definition) is 8. The van der Waals surface area contributed by atoms with E-state index in [1.807, 2.05) is 6.26 Å². The van der Waals surface area contributed by atoms with E-state index in [2.05, 4.69) is 55.0 Å². The van der Waals surface area contributed by atoms with E-state index in [0.717, 1.165) is 53.9 Å². The minimum absolute atomic E-state index is 0.456. The predicted molar refractivity (Wildman–Crippen MR) is 127 cm³/mol. The summed E-state index contributed by atoms with van der Waals surface area (Å²) >= 11 is 1.61. The summed E-state index contributed by atoms with van der Waals surface area (Å²) in [5, 5.41) is 16.5. The second kappa shape index (κ2) is 9.32. The molecule has 1 saturated heterocycles. The molecule has 31 heavy (non-hydrogen) atoms. The zero-order chi connectivity index (χ0) is 21.0. The van der Waals surface area contributed by atoms with Crippen molar-refractivity contribution in [3.8, 4) is 0 Å². The second-order valence-corrected chi connectivity index (χ2v) is 8.90.